The maximum absolute atomic E-state index is 13.2. The highest BCUT2D eigenvalue weighted by Crippen LogP contribution is 2.36. The van der Waals surface area contributed by atoms with Crippen LogP contribution in [0.3, 0.4) is 0 Å². The molecule has 1 N–H and O–H groups in total. The lowest BCUT2D eigenvalue weighted by atomic mass is 9.75. The summed E-state index contributed by atoms with van der Waals surface area (Å²) in [6.07, 6.45) is 6.03. The van der Waals surface area contributed by atoms with Crippen LogP contribution in [0, 0.1) is 11.8 Å². The van der Waals surface area contributed by atoms with Crippen molar-refractivity contribution in [1.82, 2.24) is 15.1 Å². The summed E-state index contributed by atoms with van der Waals surface area (Å²) >= 11 is 0. The zero-order valence-electron chi connectivity index (χ0n) is 18.3. The van der Waals surface area contributed by atoms with Crippen LogP contribution in [0.2, 0.25) is 0 Å². The van der Waals surface area contributed by atoms with Crippen LogP contribution in [0.1, 0.15) is 69.9 Å². The Morgan fingerprint density at radius 2 is 1.77 bits per heavy atom. The third-order valence-electron chi connectivity index (χ3n) is 7.37. The third kappa shape index (κ3) is 3.72. The van der Waals surface area contributed by atoms with Gasteiger partial charge in [0.05, 0.1) is 0 Å². The first-order valence-corrected chi connectivity index (χ1v) is 11.3. The number of benzene rings is 1. The summed E-state index contributed by atoms with van der Waals surface area (Å²) in [6.45, 7) is 7.27. The van der Waals surface area contributed by atoms with Crippen molar-refractivity contribution in [2.75, 3.05) is 19.6 Å². The molecule has 0 spiro atoms. The predicted octanol–water partition coefficient (Wildman–Crippen LogP) is 3.62. The van der Waals surface area contributed by atoms with Gasteiger partial charge < -0.3 is 10.2 Å². The standard InChI is InChI=1S/C24H33N3O3/c1-16(2)17-8-10-20(11-9-17)24(3)22(29)27(23(30)25-24)15-21(28)26-13-12-18-6-4-5-7-19(18)14-26/h8-11,16,18-19H,4-7,12-15H2,1-3H3,(H,25,30)/t18-,19+,24+/m0/s1. The number of fused-ring (bicyclic) bond motifs is 1. The van der Waals surface area contributed by atoms with E-state index >= 15 is 0 Å². The molecule has 3 fully saturated rings. The van der Waals surface area contributed by atoms with Gasteiger partial charge >= 0.3 is 6.03 Å². The van der Waals surface area contributed by atoms with Crippen molar-refractivity contribution in [3.05, 3.63) is 35.4 Å². The molecule has 2 aliphatic heterocycles. The van der Waals surface area contributed by atoms with Crippen LogP contribution in [0.5, 0.6) is 0 Å². The van der Waals surface area contributed by atoms with Gasteiger partial charge in [-0.3, -0.25) is 14.5 Å². The Morgan fingerprint density at radius 3 is 2.43 bits per heavy atom. The fourth-order valence-corrected chi connectivity index (χ4v) is 5.30. The molecule has 3 atom stereocenters. The Morgan fingerprint density at radius 1 is 1.10 bits per heavy atom. The number of likely N-dealkylation sites (tertiary alicyclic amines) is 1. The van der Waals surface area contributed by atoms with Gasteiger partial charge in [0, 0.05) is 13.1 Å². The van der Waals surface area contributed by atoms with E-state index in [0.29, 0.717) is 11.8 Å². The van der Waals surface area contributed by atoms with Gasteiger partial charge in [0.25, 0.3) is 5.91 Å². The molecule has 162 valence electrons. The topological polar surface area (TPSA) is 69.7 Å². The summed E-state index contributed by atoms with van der Waals surface area (Å²) in [5.41, 5.74) is 0.781. The monoisotopic (exact) mass is 411 g/mol. The summed E-state index contributed by atoms with van der Waals surface area (Å²) in [5.74, 6) is 1.22. The summed E-state index contributed by atoms with van der Waals surface area (Å²) in [6, 6.07) is 7.29. The lowest BCUT2D eigenvalue weighted by Gasteiger charge is -2.41. The molecule has 1 aromatic rings. The van der Waals surface area contributed by atoms with Gasteiger partial charge in [-0.05, 0) is 48.6 Å². The largest absolute Gasteiger partial charge is 0.341 e. The normalized spacial score (nSPS) is 29.2. The number of nitrogens with zero attached hydrogens (tertiary/aromatic N) is 2. The first-order chi connectivity index (χ1) is 14.3. The van der Waals surface area contributed by atoms with E-state index in [1.54, 1.807) is 6.92 Å². The van der Waals surface area contributed by atoms with Crippen molar-refractivity contribution in [3.8, 4) is 0 Å². The van der Waals surface area contributed by atoms with Gasteiger partial charge in [-0.2, -0.15) is 0 Å². The number of hydrogen-bond donors (Lipinski definition) is 1. The average molecular weight is 412 g/mol. The molecule has 0 radical (unpaired) electrons. The van der Waals surface area contributed by atoms with E-state index in [-0.39, 0.29) is 18.4 Å². The Bertz CT molecular complexity index is 835. The number of rotatable bonds is 4. The highest BCUT2D eigenvalue weighted by molar-refractivity contribution is 6.09. The van der Waals surface area contributed by atoms with E-state index in [1.165, 1.54) is 31.2 Å². The van der Waals surface area contributed by atoms with Crippen LogP contribution >= 0.6 is 0 Å². The average Bonchev–Trinajstić information content (AvgIpc) is 2.97. The number of piperidine rings is 1. The van der Waals surface area contributed by atoms with Crippen LogP contribution < -0.4 is 5.32 Å². The Labute approximate surface area is 179 Å². The molecule has 3 aliphatic rings. The molecular weight excluding hydrogens is 378 g/mol. The van der Waals surface area contributed by atoms with Gasteiger partial charge in [-0.25, -0.2) is 4.79 Å². The number of carbonyl (C=O) groups excluding carboxylic acids is 3. The van der Waals surface area contributed by atoms with E-state index < -0.39 is 11.6 Å². The maximum Gasteiger partial charge on any atom is 0.325 e. The van der Waals surface area contributed by atoms with Gasteiger partial charge in [0.2, 0.25) is 5.91 Å². The van der Waals surface area contributed by atoms with E-state index in [0.717, 1.165) is 35.9 Å². The zero-order valence-corrected chi connectivity index (χ0v) is 18.3. The van der Waals surface area contributed by atoms with Crippen LogP contribution in [-0.4, -0.2) is 47.3 Å². The number of urea groups is 1. The zero-order chi connectivity index (χ0) is 21.5. The second-order valence-electron chi connectivity index (χ2n) is 9.66. The highest BCUT2D eigenvalue weighted by atomic mass is 16.2. The van der Waals surface area contributed by atoms with E-state index in [4.69, 9.17) is 0 Å². The lowest BCUT2D eigenvalue weighted by Crippen LogP contribution is -2.49. The lowest BCUT2D eigenvalue weighted by molar-refractivity contribution is -0.140. The van der Waals surface area contributed by atoms with Gasteiger partial charge in [-0.15, -0.1) is 0 Å². The molecule has 4 rings (SSSR count). The van der Waals surface area contributed by atoms with Crippen molar-refractivity contribution in [1.29, 1.82) is 0 Å². The summed E-state index contributed by atoms with van der Waals surface area (Å²) in [5, 5.41) is 2.82. The molecule has 30 heavy (non-hydrogen) atoms. The number of carbonyl (C=O) groups is 3. The predicted molar refractivity (Wildman–Crippen MR) is 115 cm³/mol. The van der Waals surface area contributed by atoms with Gasteiger partial charge in [0.1, 0.15) is 12.1 Å². The van der Waals surface area contributed by atoms with Crippen molar-refractivity contribution in [3.63, 3.8) is 0 Å². The second-order valence-corrected chi connectivity index (χ2v) is 9.66. The third-order valence-corrected chi connectivity index (χ3v) is 7.37. The number of amides is 4. The fraction of sp³-hybridized carbons (Fsp3) is 0.625. The Balaban J connectivity index is 1.44. The van der Waals surface area contributed by atoms with Crippen molar-refractivity contribution in [2.24, 2.45) is 11.8 Å². The molecule has 6 nitrogen and oxygen atoms in total. The van der Waals surface area contributed by atoms with E-state index in [2.05, 4.69) is 19.2 Å². The first kappa shape index (κ1) is 20.9. The highest BCUT2D eigenvalue weighted by Gasteiger charge is 2.50. The molecule has 2 heterocycles. The fourth-order valence-electron chi connectivity index (χ4n) is 5.30. The van der Waals surface area contributed by atoms with Gasteiger partial charge in [-0.1, -0.05) is 57.4 Å². The number of nitrogens with one attached hydrogen (secondary N) is 1. The molecule has 0 unspecified atom stereocenters. The smallest absolute Gasteiger partial charge is 0.325 e. The molecule has 1 saturated carbocycles. The maximum atomic E-state index is 13.2. The summed E-state index contributed by atoms with van der Waals surface area (Å²) in [4.78, 5) is 41.7. The molecule has 4 amide bonds. The van der Waals surface area contributed by atoms with Crippen molar-refractivity contribution < 1.29 is 14.4 Å². The van der Waals surface area contributed by atoms with Crippen LogP contribution in [-0.2, 0) is 15.1 Å². The molecule has 0 aromatic heterocycles. The molecular formula is C24H33N3O3. The van der Waals surface area contributed by atoms with Crippen molar-refractivity contribution in [2.45, 2.75) is 64.3 Å². The molecule has 6 heteroatoms. The molecule has 1 aromatic carbocycles. The van der Waals surface area contributed by atoms with E-state index in [1.807, 2.05) is 29.2 Å². The number of hydrogen-bond acceptors (Lipinski definition) is 3. The minimum Gasteiger partial charge on any atom is -0.341 e. The SMILES string of the molecule is CC(C)c1ccc([C@@]2(C)NC(=O)N(CC(=O)N3CC[C@@H]4CCCC[C@@H]4C3)C2=O)cc1. The summed E-state index contributed by atoms with van der Waals surface area (Å²) < 4.78 is 0. The minimum absolute atomic E-state index is 0.123. The molecule has 2 saturated heterocycles. The Hall–Kier alpha value is -2.37. The molecule has 1 aliphatic carbocycles. The van der Waals surface area contributed by atoms with Crippen LogP contribution in [0.25, 0.3) is 0 Å². The minimum atomic E-state index is -1.14. The molecule has 0 bridgehead atoms. The summed E-state index contributed by atoms with van der Waals surface area (Å²) in [7, 11) is 0. The second kappa shape index (κ2) is 8.05. The van der Waals surface area contributed by atoms with Gasteiger partial charge in [0.15, 0.2) is 0 Å². The van der Waals surface area contributed by atoms with Crippen LogP contribution in [0.4, 0.5) is 4.79 Å². The number of imide groups is 1. The first-order valence-electron chi connectivity index (χ1n) is 11.3. The van der Waals surface area contributed by atoms with Crippen LogP contribution in [0.15, 0.2) is 24.3 Å². The Kier molecular flexibility index (Phi) is 5.60. The van der Waals surface area contributed by atoms with Crippen molar-refractivity contribution >= 4 is 17.8 Å². The van der Waals surface area contributed by atoms with E-state index in [9.17, 15) is 14.4 Å². The quantitative estimate of drug-likeness (QED) is 0.770.